The van der Waals surface area contributed by atoms with Crippen molar-refractivity contribution >= 4 is 27.5 Å². The van der Waals surface area contributed by atoms with Gasteiger partial charge >= 0.3 is 0 Å². The summed E-state index contributed by atoms with van der Waals surface area (Å²) in [5.74, 6) is 0. The maximum Gasteiger partial charge on any atom is 0.240 e. The fourth-order valence-electron chi connectivity index (χ4n) is 1.32. The third kappa shape index (κ3) is 2.47. The van der Waals surface area contributed by atoms with Crippen molar-refractivity contribution in [1.29, 1.82) is 0 Å². The van der Waals surface area contributed by atoms with Gasteiger partial charge in [0.05, 0.1) is 5.69 Å². The number of hydrogen-bond acceptors (Lipinski definition) is 6. The van der Waals surface area contributed by atoms with Crippen molar-refractivity contribution < 1.29 is 8.42 Å². The molecule has 7 nitrogen and oxygen atoms in total. The van der Waals surface area contributed by atoms with Gasteiger partial charge < -0.3 is 10.3 Å². The molecule has 0 aliphatic carbocycles. The smallest absolute Gasteiger partial charge is 0.240 e. The number of sulfonamides is 1. The Kier molecular flexibility index (Phi) is 3.28. The lowest BCUT2D eigenvalue weighted by molar-refractivity contribution is 0.598. The Hall–Kier alpha value is -1.58. The fraction of sp³-hybridized carbons (Fsp3) is 0.111. The molecule has 96 valence electrons. The van der Waals surface area contributed by atoms with E-state index in [1.165, 1.54) is 17.8 Å². The summed E-state index contributed by atoms with van der Waals surface area (Å²) in [5, 5.41) is 13.3. The Morgan fingerprint density at radius 1 is 1.39 bits per heavy atom. The summed E-state index contributed by atoms with van der Waals surface area (Å²) in [7, 11) is -2.05. The van der Waals surface area contributed by atoms with Gasteiger partial charge in [-0.2, -0.15) is 0 Å². The summed E-state index contributed by atoms with van der Waals surface area (Å²) in [6, 6.07) is 4.64. The molecule has 2 rings (SSSR count). The second-order valence-electron chi connectivity index (χ2n) is 3.54. The maximum absolute atomic E-state index is 11.3. The third-order valence-electron chi connectivity index (χ3n) is 2.20. The Bertz CT molecular complexity index is 680. The molecular weight excluding hydrogens is 274 g/mol. The first-order valence-electron chi connectivity index (χ1n) is 4.82. The van der Waals surface area contributed by atoms with Crippen molar-refractivity contribution in [3.63, 3.8) is 0 Å². The van der Waals surface area contributed by atoms with E-state index in [9.17, 15) is 8.42 Å². The predicted octanol–water partition coefficient (Wildman–Crippen LogP) is 0.196. The first-order valence-corrected chi connectivity index (χ1v) is 7.19. The SMILES string of the molecule is Cn1cnnc1Sc1cccc(S(N)(=O)=O)c1N. The largest absolute Gasteiger partial charge is 0.397 e. The molecule has 1 aromatic heterocycles. The first kappa shape index (κ1) is 12.9. The highest BCUT2D eigenvalue weighted by molar-refractivity contribution is 7.99. The number of primary sulfonamides is 1. The Labute approximate surface area is 108 Å². The van der Waals surface area contributed by atoms with E-state index in [0.29, 0.717) is 10.1 Å². The molecule has 1 aromatic carbocycles. The average Bonchev–Trinajstić information content (AvgIpc) is 2.66. The van der Waals surface area contributed by atoms with Crippen LogP contribution in [0.5, 0.6) is 0 Å². The van der Waals surface area contributed by atoms with Gasteiger partial charge in [-0.1, -0.05) is 6.07 Å². The minimum absolute atomic E-state index is 0.0883. The van der Waals surface area contributed by atoms with Crippen LogP contribution in [0.4, 0.5) is 5.69 Å². The second kappa shape index (κ2) is 4.59. The molecule has 0 spiro atoms. The molecule has 0 aliphatic rings. The highest BCUT2D eigenvalue weighted by Crippen LogP contribution is 2.33. The highest BCUT2D eigenvalue weighted by Gasteiger charge is 2.16. The van der Waals surface area contributed by atoms with Crippen LogP contribution in [0.2, 0.25) is 0 Å². The van der Waals surface area contributed by atoms with E-state index in [-0.39, 0.29) is 10.6 Å². The molecule has 0 saturated heterocycles. The zero-order valence-electron chi connectivity index (χ0n) is 9.44. The van der Waals surface area contributed by atoms with Crippen LogP contribution < -0.4 is 10.9 Å². The molecule has 0 unspecified atom stereocenters. The number of rotatable bonds is 3. The number of anilines is 1. The molecule has 2 aromatic rings. The molecule has 0 bridgehead atoms. The number of nitrogen functional groups attached to an aromatic ring is 1. The van der Waals surface area contributed by atoms with Crippen LogP contribution in [0.15, 0.2) is 39.5 Å². The van der Waals surface area contributed by atoms with Crippen LogP contribution >= 0.6 is 11.8 Å². The maximum atomic E-state index is 11.3. The molecule has 0 fully saturated rings. The van der Waals surface area contributed by atoms with E-state index in [2.05, 4.69) is 10.2 Å². The summed E-state index contributed by atoms with van der Waals surface area (Å²) in [4.78, 5) is 0.479. The zero-order chi connectivity index (χ0) is 13.3. The van der Waals surface area contributed by atoms with Crippen molar-refractivity contribution in [2.45, 2.75) is 14.9 Å². The summed E-state index contributed by atoms with van der Waals surface area (Å²) in [6.45, 7) is 0. The summed E-state index contributed by atoms with van der Waals surface area (Å²) in [5.41, 5.74) is 5.92. The summed E-state index contributed by atoms with van der Waals surface area (Å²) < 4.78 is 24.4. The molecule has 0 amide bonds. The molecule has 0 atom stereocenters. The standard InChI is InChI=1S/C9H11N5O2S2/c1-14-5-12-13-9(14)17-6-3-2-4-7(8(6)10)18(11,15)16/h2-5H,10H2,1H3,(H2,11,15,16). The lowest BCUT2D eigenvalue weighted by atomic mass is 10.3. The minimum atomic E-state index is -3.83. The van der Waals surface area contributed by atoms with Crippen molar-refractivity contribution in [3.8, 4) is 0 Å². The quantitative estimate of drug-likeness (QED) is 0.778. The van der Waals surface area contributed by atoms with E-state index in [1.54, 1.807) is 30.1 Å². The van der Waals surface area contributed by atoms with Gasteiger partial charge in [-0.15, -0.1) is 10.2 Å². The molecular formula is C9H11N5O2S2. The van der Waals surface area contributed by atoms with Crippen LogP contribution in [-0.2, 0) is 17.1 Å². The van der Waals surface area contributed by atoms with Crippen LogP contribution in [0.1, 0.15) is 0 Å². The molecule has 9 heteroatoms. The first-order chi connectivity index (χ1) is 8.39. The Balaban J connectivity index is 2.45. The average molecular weight is 285 g/mol. The predicted molar refractivity (Wildman–Crippen MR) is 67.4 cm³/mol. The molecule has 4 N–H and O–H groups in total. The van der Waals surface area contributed by atoms with Crippen LogP contribution in [0.25, 0.3) is 0 Å². The Morgan fingerprint density at radius 2 is 2.11 bits per heavy atom. The van der Waals surface area contributed by atoms with E-state index in [0.717, 1.165) is 0 Å². The van der Waals surface area contributed by atoms with E-state index < -0.39 is 10.0 Å². The molecule has 0 aliphatic heterocycles. The van der Waals surface area contributed by atoms with Gasteiger partial charge in [-0.3, -0.25) is 0 Å². The zero-order valence-corrected chi connectivity index (χ0v) is 11.1. The summed E-state index contributed by atoms with van der Waals surface area (Å²) >= 11 is 1.22. The van der Waals surface area contributed by atoms with Crippen molar-refractivity contribution in [1.82, 2.24) is 14.8 Å². The van der Waals surface area contributed by atoms with Gasteiger partial charge in [0.1, 0.15) is 11.2 Å². The van der Waals surface area contributed by atoms with Gasteiger partial charge in [-0.25, -0.2) is 13.6 Å². The number of hydrogen-bond donors (Lipinski definition) is 2. The number of para-hydroxylation sites is 1. The van der Waals surface area contributed by atoms with Crippen molar-refractivity contribution in [3.05, 3.63) is 24.5 Å². The normalized spacial score (nSPS) is 11.7. The van der Waals surface area contributed by atoms with Gasteiger partial charge in [-0.05, 0) is 23.9 Å². The molecule has 18 heavy (non-hydrogen) atoms. The van der Waals surface area contributed by atoms with Crippen LogP contribution in [0.3, 0.4) is 0 Å². The van der Waals surface area contributed by atoms with Crippen molar-refractivity contribution in [2.24, 2.45) is 12.2 Å². The van der Waals surface area contributed by atoms with Gasteiger partial charge in [0.25, 0.3) is 0 Å². The van der Waals surface area contributed by atoms with Crippen LogP contribution in [-0.4, -0.2) is 23.2 Å². The van der Waals surface area contributed by atoms with Gasteiger partial charge in [0.2, 0.25) is 10.0 Å². The fourth-order valence-corrected chi connectivity index (χ4v) is 2.92. The monoisotopic (exact) mass is 285 g/mol. The molecule has 1 heterocycles. The molecule has 0 saturated carbocycles. The van der Waals surface area contributed by atoms with E-state index in [4.69, 9.17) is 10.9 Å². The number of nitrogens with two attached hydrogens (primary N) is 2. The number of benzene rings is 1. The minimum Gasteiger partial charge on any atom is -0.397 e. The van der Waals surface area contributed by atoms with Gasteiger partial charge in [0, 0.05) is 11.9 Å². The topological polar surface area (TPSA) is 117 Å². The lowest BCUT2D eigenvalue weighted by Crippen LogP contribution is -2.14. The number of nitrogens with zero attached hydrogens (tertiary/aromatic N) is 3. The van der Waals surface area contributed by atoms with Gasteiger partial charge in [0.15, 0.2) is 5.16 Å². The van der Waals surface area contributed by atoms with Crippen molar-refractivity contribution in [2.75, 3.05) is 5.73 Å². The second-order valence-corrected chi connectivity index (χ2v) is 6.08. The van der Waals surface area contributed by atoms with E-state index >= 15 is 0 Å². The number of aryl methyl sites for hydroxylation is 1. The highest BCUT2D eigenvalue weighted by atomic mass is 32.2. The summed E-state index contributed by atoms with van der Waals surface area (Å²) in [6.07, 6.45) is 1.54. The number of aromatic nitrogens is 3. The molecule has 0 radical (unpaired) electrons. The third-order valence-corrected chi connectivity index (χ3v) is 4.30. The lowest BCUT2D eigenvalue weighted by Gasteiger charge is -2.08. The van der Waals surface area contributed by atoms with E-state index in [1.807, 2.05) is 0 Å². The Morgan fingerprint density at radius 3 is 2.67 bits per heavy atom. The van der Waals surface area contributed by atoms with Crippen LogP contribution in [0, 0.1) is 0 Å².